The van der Waals surface area contributed by atoms with Gasteiger partial charge in [0.1, 0.15) is 23.7 Å². The van der Waals surface area contributed by atoms with Crippen molar-refractivity contribution >= 4 is 23.4 Å². The number of hydrogen-bond acceptors (Lipinski definition) is 8. The summed E-state index contributed by atoms with van der Waals surface area (Å²) in [5, 5.41) is 12.4. The van der Waals surface area contributed by atoms with Crippen LogP contribution in [-0.2, 0) is 6.61 Å². The molecule has 2 aliphatic rings. The van der Waals surface area contributed by atoms with E-state index in [0.29, 0.717) is 42.1 Å². The van der Waals surface area contributed by atoms with Crippen LogP contribution in [-0.4, -0.2) is 51.6 Å². The standard InChI is InChI=1S/C22H24N6O3/c1-2-23-22-25-11-18-19(26-22)27-8-4-7-16(27)12-28(21(18)30)15-6-3-5-14(9-15)20-24-10-17(13-29)31-20/h3,5-6,9-11,16,29H,2,4,7-8,12-13H2,1H3,(H,23,25,26). The number of hydrogen-bond donors (Lipinski definition) is 2. The zero-order valence-corrected chi connectivity index (χ0v) is 17.3. The average molecular weight is 420 g/mol. The third kappa shape index (κ3) is 3.50. The Hall–Kier alpha value is -3.46. The van der Waals surface area contributed by atoms with E-state index in [1.54, 1.807) is 11.1 Å². The number of amides is 1. The molecule has 1 saturated heterocycles. The van der Waals surface area contributed by atoms with Crippen molar-refractivity contribution in [2.75, 3.05) is 34.8 Å². The van der Waals surface area contributed by atoms with Crippen LogP contribution in [0.1, 0.15) is 35.9 Å². The molecule has 31 heavy (non-hydrogen) atoms. The molecule has 0 radical (unpaired) electrons. The lowest BCUT2D eigenvalue weighted by molar-refractivity contribution is 0.0988. The maximum Gasteiger partial charge on any atom is 0.263 e. The third-order valence-electron chi connectivity index (χ3n) is 5.74. The minimum absolute atomic E-state index is 0.118. The molecule has 3 aromatic rings. The summed E-state index contributed by atoms with van der Waals surface area (Å²) < 4.78 is 5.57. The number of oxazole rings is 1. The molecule has 0 spiro atoms. The van der Waals surface area contributed by atoms with Crippen molar-refractivity contribution in [1.82, 2.24) is 15.0 Å². The summed E-state index contributed by atoms with van der Waals surface area (Å²) in [6.45, 7) is 3.95. The first-order chi connectivity index (χ1) is 15.2. The number of benzene rings is 1. The fourth-order valence-electron chi connectivity index (χ4n) is 4.27. The van der Waals surface area contributed by atoms with Crippen LogP contribution in [0.5, 0.6) is 0 Å². The molecule has 160 valence electrons. The SMILES string of the molecule is CCNc1ncc2c(n1)N1CCCC1CN(c1cccc(-c3ncc(CO)o3)c1)C2=O. The average Bonchev–Trinajstić information content (AvgIpc) is 3.45. The Morgan fingerprint density at radius 2 is 2.19 bits per heavy atom. The van der Waals surface area contributed by atoms with Crippen LogP contribution in [0.15, 0.2) is 41.1 Å². The van der Waals surface area contributed by atoms with E-state index in [4.69, 9.17) is 4.42 Å². The summed E-state index contributed by atoms with van der Waals surface area (Å²) in [6, 6.07) is 7.75. The summed E-state index contributed by atoms with van der Waals surface area (Å²) in [7, 11) is 0. The van der Waals surface area contributed by atoms with Gasteiger partial charge in [0.05, 0.1) is 6.20 Å². The van der Waals surface area contributed by atoms with Gasteiger partial charge in [-0.05, 0) is 38.0 Å². The molecule has 9 nitrogen and oxygen atoms in total. The molecule has 0 saturated carbocycles. The second kappa shape index (κ2) is 7.99. The summed E-state index contributed by atoms with van der Waals surface area (Å²) >= 11 is 0. The Morgan fingerprint density at radius 3 is 3.00 bits per heavy atom. The van der Waals surface area contributed by atoms with E-state index < -0.39 is 0 Å². The summed E-state index contributed by atoms with van der Waals surface area (Å²) in [4.78, 5) is 30.8. The second-order valence-electron chi connectivity index (χ2n) is 7.71. The maximum atomic E-state index is 13.6. The van der Waals surface area contributed by atoms with Crippen molar-refractivity contribution in [2.45, 2.75) is 32.4 Å². The molecule has 9 heteroatoms. The number of aromatic nitrogens is 3. The first-order valence-electron chi connectivity index (χ1n) is 10.5. The van der Waals surface area contributed by atoms with Gasteiger partial charge < -0.3 is 24.6 Å². The molecule has 5 rings (SSSR count). The van der Waals surface area contributed by atoms with Gasteiger partial charge in [-0.3, -0.25) is 4.79 Å². The third-order valence-corrected chi connectivity index (χ3v) is 5.74. The van der Waals surface area contributed by atoms with Crippen LogP contribution in [0.25, 0.3) is 11.5 Å². The van der Waals surface area contributed by atoms with Gasteiger partial charge in [0.15, 0.2) is 0 Å². The zero-order valence-electron chi connectivity index (χ0n) is 17.3. The molecule has 4 heterocycles. The second-order valence-corrected chi connectivity index (χ2v) is 7.71. The Bertz CT molecular complexity index is 1110. The topological polar surface area (TPSA) is 108 Å². The highest BCUT2D eigenvalue weighted by molar-refractivity contribution is 6.10. The van der Waals surface area contributed by atoms with Gasteiger partial charge in [0, 0.05) is 43.1 Å². The first kappa shape index (κ1) is 19.5. The first-order valence-corrected chi connectivity index (χ1v) is 10.5. The number of nitrogens with zero attached hydrogens (tertiary/aromatic N) is 5. The normalized spacial score (nSPS) is 18.0. The van der Waals surface area contributed by atoms with Crippen molar-refractivity contribution in [2.24, 2.45) is 0 Å². The van der Waals surface area contributed by atoms with Crippen LogP contribution < -0.4 is 15.1 Å². The largest absolute Gasteiger partial charge is 0.439 e. The predicted molar refractivity (Wildman–Crippen MR) is 116 cm³/mol. The number of fused-ring (bicyclic) bond motifs is 3. The molecule has 2 aromatic heterocycles. The highest BCUT2D eigenvalue weighted by Crippen LogP contribution is 2.35. The Labute approximate surface area is 179 Å². The Kier molecular flexibility index (Phi) is 5.03. The van der Waals surface area contributed by atoms with E-state index in [1.165, 1.54) is 6.20 Å². The van der Waals surface area contributed by atoms with Crippen LogP contribution in [0, 0.1) is 0 Å². The number of carbonyl (C=O) groups is 1. The molecular formula is C22H24N6O3. The zero-order chi connectivity index (χ0) is 21.4. The van der Waals surface area contributed by atoms with Crippen LogP contribution >= 0.6 is 0 Å². The number of nitrogens with one attached hydrogen (secondary N) is 1. The van der Waals surface area contributed by atoms with Crippen LogP contribution in [0.4, 0.5) is 17.5 Å². The molecule has 1 atom stereocenters. The highest BCUT2D eigenvalue weighted by Gasteiger charge is 2.37. The van der Waals surface area contributed by atoms with E-state index in [-0.39, 0.29) is 18.6 Å². The summed E-state index contributed by atoms with van der Waals surface area (Å²) in [6.07, 6.45) is 5.20. The molecule has 0 bridgehead atoms. The lowest BCUT2D eigenvalue weighted by Gasteiger charge is -2.27. The Balaban J connectivity index is 1.54. The molecule has 1 fully saturated rings. The van der Waals surface area contributed by atoms with Gasteiger partial charge in [-0.1, -0.05) is 6.07 Å². The van der Waals surface area contributed by atoms with Gasteiger partial charge in [-0.15, -0.1) is 0 Å². The number of aliphatic hydroxyl groups is 1. The lowest BCUT2D eigenvalue weighted by Crippen LogP contribution is -2.39. The fourth-order valence-corrected chi connectivity index (χ4v) is 4.27. The van der Waals surface area contributed by atoms with Gasteiger partial charge in [-0.25, -0.2) is 9.97 Å². The number of aliphatic hydroxyl groups excluding tert-OH is 1. The smallest absolute Gasteiger partial charge is 0.263 e. The van der Waals surface area contributed by atoms with Crippen LogP contribution in [0.3, 0.4) is 0 Å². The van der Waals surface area contributed by atoms with Gasteiger partial charge in [0.2, 0.25) is 11.8 Å². The van der Waals surface area contributed by atoms with E-state index in [0.717, 1.165) is 30.6 Å². The van der Waals surface area contributed by atoms with Gasteiger partial charge in [-0.2, -0.15) is 4.98 Å². The van der Waals surface area contributed by atoms with Crippen molar-refractivity contribution in [1.29, 1.82) is 0 Å². The lowest BCUT2D eigenvalue weighted by atomic mass is 10.1. The molecule has 2 N–H and O–H groups in total. The number of rotatable bonds is 5. The van der Waals surface area contributed by atoms with Crippen molar-refractivity contribution in [3.8, 4) is 11.5 Å². The van der Waals surface area contributed by atoms with E-state index in [9.17, 15) is 9.90 Å². The molecule has 1 amide bonds. The van der Waals surface area contributed by atoms with E-state index >= 15 is 0 Å². The predicted octanol–water partition coefficient (Wildman–Crippen LogP) is 2.68. The monoisotopic (exact) mass is 420 g/mol. The van der Waals surface area contributed by atoms with Gasteiger partial charge >= 0.3 is 0 Å². The minimum Gasteiger partial charge on any atom is -0.439 e. The highest BCUT2D eigenvalue weighted by atomic mass is 16.4. The fraction of sp³-hybridized carbons (Fsp3) is 0.364. The van der Waals surface area contributed by atoms with Gasteiger partial charge in [0.25, 0.3) is 5.91 Å². The molecule has 0 aliphatic carbocycles. The van der Waals surface area contributed by atoms with E-state index in [1.807, 2.05) is 31.2 Å². The van der Waals surface area contributed by atoms with Crippen molar-refractivity contribution in [3.05, 3.63) is 48.0 Å². The minimum atomic E-state index is -0.208. The van der Waals surface area contributed by atoms with E-state index in [2.05, 4.69) is 25.2 Å². The molecule has 1 unspecified atom stereocenters. The summed E-state index contributed by atoms with van der Waals surface area (Å²) in [5.41, 5.74) is 2.02. The van der Waals surface area contributed by atoms with Crippen LogP contribution in [0.2, 0.25) is 0 Å². The number of anilines is 3. The Morgan fingerprint density at radius 1 is 1.29 bits per heavy atom. The number of carbonyl (C=O) groups excluding carboxylic acids is 1. The quantitative estimate of drug-likeness (QED) is 0.649. The van der Waals surface area contributed by atoms with Crippen molar-refractivity contribution < 1.29 is 14.3 Å². The van der Waals surface area contributed by atoms with Crippen molar-refractivity contribution in [3.63, 3.8) is 0 Å². The molecule has 1 aromatic carbocycles. The summed E-state index contributed by atoms with van der Waals surface area (Å²) in [5.74, 6) is 1.94. The molecule has 2 aliphatic heterocycles. The molecular weight excluding hydrogens is 396 g/mol. The maximum absolute atomic E-state index is 13.6.